The quantitative estimate of drug-likeness (QED) is 0.123. The molecular formula is C54H39B2BrClO2. The van der Waals surface area contributed by atoms with Gasteiger partial charge in [-0.15, -0.1) is 0 Å². The number of halogens is 2. The first-order valence-corrected chi connectivity index (χ1v) is 20.2. The number of rotatable bonds is 2. The molecular weight excluding hydrogens is 818 g/mol. The average Bonchev–Trinajstić information content (AvgIpc) is 3.27. The van der Waals surface area contributed by atoms with Crippen LogP contribution in [0.5, 0.6) is 0 Å². The highest BCUT2D eigenvalue weighted by Crippen LogP contribution is 2.36. The lowest BCUT2D eigenvalue weighted by molar-refractivity contribution is 0.823. The lowest BCUT2D eigenvalue weighted by atomic mass is 9.93. The van der Waals surface area contributed by atoms with Gasteiger partial charge in [0.1, 0.15) is 7.85 Å². The molecule has 0 saturated heterocycles. The van der Waals surface area contributed by atoms with E-state index in [4.69, 9.17) is 19.4 Å². The highest BCUT2D eigenvalue weighted by molar-refractivity contribution is 9.10. The van der Waals surface area contributed by atoms with Gasteiger partial charge in [-0.05, 0) is 123 Å². The highest BCUT2D eigenvalue weighted by Gasteiger charge is 2.09. The fourth-order valence-electron chi connectivity index (χ4n) is 7.75. The minimum absolute atomic E-state index is 0. The van der Waals surface area contributed by atoms with Crippen LogP contribution in [0.4, 0.5) is 0 Å². The highest BCUT2D eigenvalue weighted by atomic mass is 79.9. The van der Waals surface area contributed by atoms with Gasteiger partial charge in [0.25, 0.3) is 0 Å². The maximum Gasteiger partial charge on any atom is 0.113 e. The summed E-state index contributed by atoms with van der Waals surface area (Å²) in [6, 6.07) is 74.5. The normalized spacial score (nSPS) is 10.5. The lowest BCUT2D eigenvalue weighted by Crippen LogP contribution is -1.97. The Morgan fingerprint density at radius 2 is 0.650 bits per heavy atom. The van der Waals surface area contributed by atoms with Crippen LogP contribution in [0.2, 0.25) is 5.02 Å². The van der Waals surface area contributed by atoms with Crippen LogP contribution >= 0.6 is 27.5 Å². The van der Waals surface area contributed by atoms with Gasteiger partial charge in [-0.1, -0.05) is 209 Å². The van der Waals surface area contributed by atoms with E-state index in [2.05, 4.69) is 186 Å². The van der Waals surface area contributed by atoms with Crippen molar-refractivity contribution in [2.24, 2.45) is 0 Å². The van der Waals surface area contributed by atoms with Gasteiger partial charge in [-0.3, -0.25) is 0 Å². The Kier molecular flexibility index (Phi) is 13.9. The molecule has 0 aliphatic heterocycles. The van der Waals surface area contributed by atoms with Gasteiger partial charge in [0.15, 0.2) is 0 Å². The molecule has 287 valence electrons. The summed E-state index contributed by atoms with van der Waals surface area (Å²) in [6.07, 6.45) is 0. The van der Waals surface area contributed by atoms with Crippen molar-refractivity contribution < 1.29 is 11.0 Å². The summed E-state index contributed by atoms with van der Waals surface area (Å²) in [7, 11) is 5.36. The minimum Gasteiger partial charge on any atom is -0.412 e. The fourth-order valence-corrected chi connectivity index (χ4v) is 8.28. The summed E-state index contributed by atoms with van der Waals surface area (Å²) < 4.78 is 1.10. The SMILES string of the molecule is Clc1ccc2ccc3c4cc(Br)ccc4ccc3c2c1.O.O.[B].[B]c1ccccc1.c1ccc(-c2ccc3ccc4c5cc(-c6ccccc6)ccc5ccc4c3c2)cc1. The Bertz CT molecular complexity index is 3020. The van der Waals surface area contributed by atoms with Crippen LogP contribution < -0.4 is 5.46 Å². The second kappa shape index (κ2) is 19.2. The molecule has 2 nitrogen and oxygen atoms in total. The molecule has 6 heteroatoms. The molecule has 60 heavy (non-hydrogen) atoms. The smallest absolute Gasteiger partial charge is 0.113 e. The summed E-state index contributed by atoms with van der Waals surface area (Å²) in [6.45, 7) is 0. The Morgan fingerprint density at radius 1 is 0.317 bits per heavy atom. The molecule has 0 amide bonds. The molecule has 11 aromatic rings. The van der Waals surface area contributed by atoms with E-state index in [-0.39, 0.29) is 19.4 Å². The third kappa shape index (κ3) is 9.01. The van der Waals surface area contributed by atoms with Crippen molar-refractivity contribution in [3.05, 3.63) is 222 Å². The molecule has 0 aliphatic rings. The first-order valence-electron chi connectivity index (χ1n) is 19.0. The Morgan fingerprint density at radius 3 is 1.05 bits per heavy atom. The van der Waals surface area contributed by atoms with Gasteiger partial charge in [-0.2, -0.15) is 0 Å². The van der Waals surface area contributed by atoms with Gasteiger partial charge < -0.3 is 11.0 Å². The van der Waals surface area contributed by atoms with Crippen LogP contribution in [0.3, 0.4) is 0 Å². The van der Waals surface area contributed by atoms with Crippen molar-refractivity contribution in [2.45, 2.75) is 0 Å². The van der Waals surface area contributed by atoms with Crippen molar-refractivity contribution in [3.8, 4) is 22.3 Å². The van der Waals surface area contributed by atoms with Crippen LogP contribution in [0.1, 0.15) is 0 Å². The summed E-state index contributed by atoms with van der Waals surface area (Å²) in [5, 5.41) is 16.0. The molecule has 0 aliphatic carbocycles. The molecule has 0 spiro atoms. The van der Waals surface area contributed by atoms with E-state index in [1.165, 1.54) is 86.9 Å². The molecule has 0 heterocycles. The van der Waals surface area contributed by atoms with Gasteiger partial charge in [0, 0.05) is 17.9 Å². The molecule has 5 radical (unpaired) electrons. The number of fused-ring (bicyclic) bond motifs is 10. The van der Waals surface area contributed by atoms with Crippen LogP contribution in [0.25, 0.3) is 86.9 Å². The molecule has 0 aromatic heterocycles. The van der Waals surface area contributed by atoms with E-state index in [0.717, 1.165) is 15.0 Å². The van der Waals surface area contributed by atoms with Crippen molar-refractivity contribution in [1.29, 1.82) is 0 Å². The zero-order chi connectivity index (χ0) is 38.7. The minimum atomic E-state index is 0. The Balaban J connectivity index is 0.000000174. The zero-order valence-corrected chi connectivity index (χ0v) is 35.0. The first-order chi connectivity index (χ1) is 28.0. The molecule has 11 rings (SSSR count). The number of hydrogen-bond acceptors (Lipinski definition) is 0. The maximum absolute atomic E-state index is 6.16. The molecule has 4 N–H and O–H groups in total. The molecule has 0 unspecified atom stereocenters. The van der Waals surface area contributed by atoms with E-state index >= 15 is 0 Å². The topological polar surface area (TPSA) is 63.0 Å². The van der Waals surface area contributed by atoms with Crippen molar-refractivity contribution in [3.63, 3.8) is 0 Å². The number of hydrogen-bond donors (Lipinski definition) is 0. The van der Waals surface area contributed by atoms with E-state index in [0.29, 0.717) is 0 Å². The summed E-state index contributed by atoms with van der Waals surface area (Å²) in [5.74, 6) is 0. The standard InChI is InChI=1S/C30H20.C18H10BrCl.C6H5B.B.2H2O/c1-3-7-21(8-4-1)25-13-11-23-15-18-28-27(29(23)19-25)17-16-24-12-14-26(20-30(24)28)22-9-5-2-6-10-22;19-13-5-1-11-3-8-16-15(17(11)9-13)7-4-12-2-6-14(20)10-18(12)16;7-6-4-2-1-3-5-6;;;/h1-20H;1-10H;1-5H;;2*1H2. The average molecular weight is 857 g/mol. The summed E-state index contributed by atoms with van der Waals surface area (Å²) in [5.41, 5.74) is 5.84. The Hall–Kier alpha value is -6.20. The van der Waals surface area contributed by atoms with Crippen LogP contribution in [-0.2, 0) is 0 Å². The second-order valence-corrected chi connectivity index (χ2v) is 15.6. The lowest BCUT2D eigenvalue weighted by Gasteiger charge is -2.11. The molecule has 0 atom stereocenters. The third-order valence-corrected chi connectivity index (χ3v) is 11.3. The second-order valence-electron chi connectivity index (χ2n) is 14.2. The van der Waals surface area contributed by atoms with Crippen LogP contribution in [-0.4, -0.2) is 27.2 Å². The summed E-state index contributed by atoms with van der Waals surface area (Å²) >= 11 is 9.71. The summed E-state index contributed by atoms with van der Waals surface area (Å²) in [4.78, 5) is 0. The predicted octanol–water partition coefficient (Wildman–Crippen LogP) is 13.5. The van der Waals surface area contributed by atoms with Gasteiger partial charge >= 0.3 is 0 Å². The van der Waals surface area contributed by atoms with Gasteiger partial charge in [0.2, 0.25) is 0 Å². The maximum atomic E-state index is 6.16. The van der Waals surface area contributed by atoms with E-state index < -0.39 is 0 Å². The van der Waals surface area contributed by atoms with Crippen molar-refractivity contribution in [1.82, 2.24) is 0 Å². The van der Waals surface area contributed by atoms with Crippen molar-refractivity contribution in [2.75, 3.05) is 0 Å². The van der Waals surface area contributed by atoms with Crippen LogP contribution in [0, 0.1) is 0 Å². The fraction of sp³-hybridized carbons (Fsp3) is 0. The van der Waals surface area contributed by atoms with E-state index in [9.17, 15) is 0 Å². The third-order valence-electron chi connectivity index (χ3n) is 10.6. The Labute approximate surface area is 366 Å². The monoisotopic (exact) mass is 855 g/mol. The number of benzene rings is 11. The van der Waals surface area contributed by atoms with Crippen LogP contribution in [0.15, 0.2) is 217 Å². The predicted molar refractivity (Wildman–Crippen MR) is 266 cm³/mol. The molecule has 11 aromatic carbocycles. The van der Waals surface area contributed by atoms with E-state index in [1.807, 2.05) is 42.5 Å². The zero-order valence-electron chi connectivity index (χ0n) is 32.6. The van der Waals surface area contributed by atoms with Gasteiger partial charge in [0.05, 0.1) is 0 Å². The molecule has 0 bridgehead atoms. The van der Waals surface area contributed by atoms with E-state index in [1.54, 1.807) is 0 Å². The largest absolute Gasteiger partial charge is 0.412 e. The molecule has 0 fully saturated rings. The van der Waals surface area contributed by atoms with Gasteiger partial charge in [-0.25, -0.2) is 0 Å². The first kappa shape index (κ1) is 43.4. The molecule has 0 saturated carbocycles. The van der Waals surface area contributed by atoms with Crippen molar-refractivity contribution >= 4 is 114 Å².